The second-order valence-corrected chi connectivity index (χ2v) is 9.31. The van der Waals surface area contributed by atoms with Crippen LogP contribution in [0.4, 0.5) is 26.3 Å². The number of rotatable bonds is 8. The van der Waals surface area contributed by atoms with Crippen LogP contribution in [-0.4, -0.2) is 10.2 Å². The van der Waals surface area contributed by atoms with Crippen molar-refractivity contribution >= 4 is 31.2 Å². The molecule has 0 aliphatic heterocycles. The van der Waals surface area contributed by atoms with Crippen LogP contribution in [-0.2, 0) is 30.0 Å². The fourth-order valence-corrected chi connectivity index (χ4v) is 5.39. The number of halogens is 6. The molecule has 1 atom stereocenters. The topological polar surface area (TPSA) is 53.8 Å². The van der Waals surface area contributed by atoms with Gasteiger partial charge in [-0.2, -0.15) is 22.8 Å². The molecule has 1 unspecified atom stereocenters. The normalized spacial score (nSPS) is 11.8. The van der Waals surface area contributed by atoms with Gasteiger partial charge in [-0.3, -0.25) is 4.79 Å². The molecular weight excluding hydrogens is 497 g/mol. The van der Waals surface area contributed by atoms with Crippen molar-refractivity contribution in [3.63, 3.8) is 0 Å². The van der Waals surface area contributed by atoms with Gasteiger partial charge in [-0.25, -0.2) is 13.2 Å². The summed E-state index contributed by atoms with van der Waals surface area (Å²) in [6, 6.07) is 7.57. The highest BCUT2D eigenvalue weighted by atomic mass is 32.1. The molecule has 0 saturated heterocycles. The number of carbonyl (C=O) groups is 1. The maximum Gasteiger partial charge on any atom is 0.427 e. The van der Waals surface area contributed by atoms with Crippen LogP contribution in [0, 0.1) is 28.8 Å². The summed E-state index contributed by atoms with van der Waals surface area (Å²) in [6.07, 6.45) is -4.87. The molecule has 0 fully saturated rings. The van der Waals surface area contributed by atoms with E-state index in [0.717, 1.165) is 12.1 Å². The van der Waals surface area contributed by atoms with E-state index in [-0.39, 0.29) is 46.8 Å². The van der Waals surface area contributed by atoms with Gasteiger partial charge in [0.25, 0.3) is 0 Å². The SMILES string of the molecule is CCc1ccc(-c2nsc(C(F)(F)F)c2CPc2c(F)cc(CCC(=O)C#N)cc2F)c(F)c1. The van der Waals surface area contributed by atoms with Crippen molar-refractivity contribution in [1.29, 1.82) is 5.26 Å². The molecule has 178 valence electrons. The molecule has 11 heteroatoms. The summed E-state index contributed by atoms with van der Waals surface area (Å²) in [5, 5.41) is 8.10. The quantitative estimate of drug-likeness (QED) is 0.200. The van der Waals surface area contributed by atoms with E-state index in [1.54, 1.807) is 13.0 Å². The molecule has 3 rings (SSSR count). The number of aryl methyl sites for hydroxylation is 2. The van der Waals surface area contributed by atoms with E-state index < -0.39 is 54.3 Å². The molecule has 1 aromatic heterocycles. The van der Waals surface area contributed by atoms with Crippen LogP contribution < -0.4 is 5.30 Å². The van der Waals surface area contributed by atoms with Crippen molar-refractivity contribution in [1.82, 2.24) is 4.37 Å². The molecule has 1 heterocycles. The Morgan fingerprint density at radius 1 is 1.09 bits per heavy atom. The summed E-state index contributed by atoms with van der Waals surface area (Å²) >= 11 is 0.171. The molecule has 3 aromatic rings. The summed E-state index contributed by atoms with van der Waals surface area (Å²) in [6.45, 7) is 1.81. The van der Waals surface area contributed by atoms with Crippen molar-refractivity contribution in [3.05, 3.63) is 69.4 Å². The number of nitrogens with zero attached hydrogens (tertiary/aromatic N) is 2. The van der Waals surface area contributed by atoms with Crippen molar-refractivity contribution in [2.24, 2.45) is 0 Å². The molecule has 0 saturated carbocycles. The van der Waals surface area contributed by atoms with Gasteiger partial charge < -0.3 is 0 Å². The first-order chi connectivity index (χ1) is 16.0. The molecule has 0 bridgehead atoms. The van der Waals surface area contributed by atoms with E-state index in [2.05, 4.69) is 4.37 Å². The van der Waals surface area contributed by atoms with E-state index in [0.29, 0.717) is 12.0 Å². The molecular formula is C23H17F6N2OPS. The van der Waals surface area contributed by atoms with Crippen LogP contribution in [0.5, 0.6) is 0 Å². The smallest absolute Gasteiger partial charge is 0.283 e. The zero-order valence-electron chi connectivity index (χ0n) is 17.7. The Morgan fingerprint density at radius 3 is 2.29 bits per heavy atom. The van der Waals surface area contributed by atoms with Crippen LogP contribution in [0.2, 0.25) is 0 Å². The average molecular weight is 514 g/mol. The number of benzene rings is 2. The first-order valence-corrected chi connectivity index (χ1v) is 12.0. The Kier molecular flexibility index (Phi) is 8.11. The van der Waals surface area contributed by atoms with Gasteiger partial charge in [-0.1, -0.05) is 21.6 Å². The molecule has 0 radical (unpaired) electrons. The highest BCUT2D eigenvalue weighted by Crippen LogP contribution is 2.42. The molecule has 0 aliphatic rings. The van der Waals surface area contributed by atoms with Crippen molar-refractivity contribution in [2.45, 2.75) is 38.5 Å². The minimum atomic E-state index is -4.76. The first-order valence-electron chi connectivity index (χ1n) is 10.0. The number of nitriles is 1. The Bertz CT molecular complexity index is 1240. The van der Waals surface area contributed by atoms with E-state index >= 15 is 0 Å². The fourth-order valence-electron chi connectivity index (χ4n) is 3.31. The van der Waals surface area contributed by atoms with Gasteiger partial charge >= 0.3 is 6.18 Å². The average Bonchev–Trinajstić information content (AvgIpc) is 3.20. The Hall–Kier alpha value is -2.76. The maximum atomic E-state index is 14.6. The lowest BCUT2D eigenvalue weighted by molar-refractivity contribution is -0.134. The Morgan fingerprint density at radius 2 is 1.74 bits per heavy atom. The zero-order chi connectivity index (χ0) is 25.0. The lowest BCUT2D eigenvalue weighted by atomic mass is 10.0. The van der Waals surface area contributed by atoms with Crippen molar-refractivity contribution < 1.29 is 31.1 Å². The molecule has 2 aromatic carbocycles. The molecule has 34 heavy (non-hydrogen) atoms. The predicted molar refractivity (Wildman–Crippen MR) is 119 cm³/mol. The van der Waals surface area contributed by atoms with E-state index in [1.807, 2.05) is 0 Å². The summed E-state index contributed by atoms with van der Waals surface area (Å²) in [5.41, 5.74) is 0.192. The van der Waals surface area contributed by atoms with Crippen LogP contribution in [0.25, 0.3) is 11.3 Å². The standard InChI is InChI=1S/C23H17F6N2OPS/c1-2-12-4-6-15(17(24)7-12)20-16(22(34-31-20)23(27,28)29)11-33-21-18(25)8-13(9-19(21)26)3-5-14(32)10-30/h4,6-9,33H,2-3,5,11H2,1H3. The van der Waals surface area contributed by atoms with Gasteiger partial charge in [-0.05, 0) is 65.9 Å². The second-order valence-electron chi connectivity index (χ2n) is 7.33. The molecule has 0 spiro atoms. The third kappa shape index (κ3) is 5.83. The Balaban J connectivity index is 1.93. The monoisotopic (exact) mass is 514 g/mol. The minimum Gasteiger partial charge on any atom is -0.283 e. The van der Waals surface area contributed by atoms with Crippen LogP contribution in [0.3, 0.4) is 0 Å². The summed E-state index contributed by atoms with van der Waals surface area (Å²) in [5.74, 6) is -3.39. The molecule has 0 amide bonds. The van der Waals surface area contributed by atoms with Gasteiger partial charge in [-0.15, -0.1) is 0 Å². The number of hydrogen-bond donors (Lipinski definition) is 0. The minimum absolute atomic E-state index is 0.0481. The van der Waals surface area contributed by atoms with Crippen molar-refractivity contribution in [2.75, 3.05) is 0 Å². The summed E-state index contributed by atoms with van der Waals surface area (Å²) in [4.78, 5) is 10.1. The second kappa shape index (κ2) is 10.7. The Labute approximate surface area is 197 Å². The lowest BCUT2D eigenvalue weighted by Gasteiger charge is -2.12. The number of Topliss-reactive ketones (excluding diaryl/α,β-unsaturated/α-hetero) is 1. The molecule has 0 N–H and O–H groups in total. The molecule has 0 aliphatic carbocycles. The van der Waals surface area contributed by atoms with E-state index in [9.17, 15) is 31.1 Å². The van der Waals surface area contributed by atoms with Crippen LogP contribution >= 0.6 is 20.1 Å². The third-order valence-electron chi connectivity index (χ3n) is 5.05. The predicted octanol–water partition coefficient (Wildman–Crippen LogP) is 6.34. The van der Waals surface area contributed by atoms with Gasteiger partial charge in [0, 0.05) is 22.9 Å². The summed E-state index contributed by atoms with van der Waals surface area (Å²) < 4.78 is 88.4. The van der Waals surface area contributed by atoms with E-state index in [1.165, 1.54) is 18.2 Å². The molecule has 3 nitrogen and oxygen atoms in total. The highest BCUT2D eigenvalue weighted by molar-refractivity contribution is 7.46. The van der Waals surface area contributed by atoms with E-state index in [4.69, 9.17) is 5.26 Å². The van der Waals surface area contributed by atoms with Gasteiger partial charge in [0.1, 0.15) is 28.4 Å². The van der Waals surface area contributed by atoms with Gasteiger partial charge in [0.05, 0.1) is 5.69 Å². The largest absolute Gasteiger partial charge is 0.427 e. The number of ketones is 1. The third-order valence-corrected chi connectivity index (χ3v) is 7.35. The fraction of sp³-hybridized carbons (Fsp3) is 0.261. The first kappa shape index (κ1) is 25.9. The number of carbonyl (C=O) groups excluding carboxylic acids is 1. The van der Waals surface area contributed by atoms with Crippen LogP contribution in [0.1, 0.15) is 34.9 Å². The zero-order valence-corrected chi connectivity index (χ0v) is 19.5. The number of hydrogen-bond acceptors (Lipinski definition) is 4. The van der Waals surface area contributed by atoms with Gasteiger partial charge in [0.15, 0.2) is 0 Å². The van der Waals surface area contributed by atoms with Crippen LogP contribution in [0.15, 0.2) is 30.3 Å². The number of aromatic nitrogens is 1. The number of alkyl halides is 3. The summed E-state index contributed by atoms with van der Waals surface area (Å²) in [7, 11) is -0.723. The maximum absolute atomic E-state index is 14.6. The lowest BCUT2D eigenvalue weighted by Crippen LogP contribution is -2.11. The van der Waals surface area contributed by atoms with Crippen molar-refractivity contribution in [3.8, 4) is 17.3 Å². The van der Waals surface area contributed by atoms with Gasteiger partial charge in [0.2, 0.25) is 5.78 Å². The highest BCUT2D eigenvalue weighted by Gasteiger charge is 2.38.